The Balaban J connectivity index is 1.36. The van der Waals surface area contributed by atoms with Crippen LogP contribution in [0.5, 0.6) is 0 Å². The number of hydrogen-bond acceptors (Lipinski definition) is 5. The van der Waals surface area contributed by atoms with Gasteiger partial charge in [0.2, 0.25) is 10.0 Å². The summed E-state index contributed by atoms with van der Waals surface area (Å²) < 4.78 is 27.6. The van der Waals surface area contributed by atoms with Gasteiger partial charge < -0.3 is 0 Å². The highest BCUT2D eigenvalue weighted by molar-refractivity contribution is 7.89. The summed E-state index contributed by atoms with van der Waals surface area (Å²) >= 11 is 0. The standard InChI is InChI=1S/C20H28N4O2S/c1-20(2)15-8-7-14(18(20)11-15)12-22-23-19-10-9-17(13-21-19)27(25,26)24-16-5-3-4-6-16/h7,9-10,12-13,15-16,18,24H,3-6,8,11H2,1-2H3,(H,21,23)/b22-12+. The molecule has 27 heavy (non-hydrogen) atoms. The van der Waals surface area contributed by atoms with E-state index in [9.17, 15) is 8.42 Å². The van der Waals surface area contributed by atoms with Crippen LogP contribution in [0.1, 0.15) is 52.4 Å². The zero-order valence-electron chi connectivity index (χ0n) is 16.0. The fourth-order valence-corrected chi connectivity index (χ4v) is 5.90. The summed E-state index contributed by atoms with van der Waals surface area (Å²) in [5.74, 6) is 1.93. The lowest BCUT2D eigenvalue weighted by Crippen LogP contribution is -2.48. The molecule has 4 aliphatic carbocycles. The van der Waals surface area contributed by atoms with E-state index in [1.807, 2.05) is 6.21 Å². The summed E-state index contributed by atoms with van der Waals surface area (Å²) in [4.78, 5) is 4.39. The SMILES string of the molecule is CC1(C)C2CC=C(/C=N/Nc3ccc(S(=O)(=O)NC4CCCC4)cn3)C1C2. The Morgan fingerprint density at radius 1 is 1.26 bits per heavy atom. The minimum Gasteiger partial charge on any atom is -0.261 e. The average Bonchev–Trinajstić information content (AvgIpc) is 3.14. The van der Waals surface area contributed by atoms with Crippen molar-refractivity contribution < 1.29 is 8.42 Å². The van der Waals surface area contributed by atoms with Crippen molar-refractivity contribution in [3.63, 3.8) is 0 Å². The molecule has 6 nitrogen and oxygen atoms in total. The number of allylic oxidation sites excluding steroid dienone is 2. The summed E-state index contributed by atoms with van der Waals surface area (Å²) in [6.07, 6.45) is 11.9. The van der Waals surface area contributed by atoms with Crippen LogP contribution in [-0.2, 0) is 10.0 Å². The number of pyridine rings is 1. The molecular weight excluding hydrogens is 360 g/mol. The first-order valence-corrected chi connectivity index (χ1v) is 11.3. The van der Waals surface area contributed by atoms with Gasteiger partial charge in [-0.2, -0.15) is 5.10 Å². The van der Waals surface area contributed by atoms with E-state index in [-0.39, 0.29) is 10.9 Å². The van der Waals surface area contributed by atoms with Gasteiger partial charge in [-0.25, -0.2) is 18.1 Å². The first-order valence-electron chi connectivity index (χ1n) is 9.84. The lowest BCUT2D eigenvalue weighted by atomic mass is 9.49. The quantitative estimate of drug-likeness (QED) is 0.575. The van der Waals surface area contributed by atoms with Gasteiger partial charge in [-0.05, 0) is 60.6 Å². The number of rotatable bonds is 6. The fourth-order valence-electron chi connectivity index (χ4n) is 4.65. The van der Waals surface area contributed by atoms with E-state index in [1.165, 1.54) is 18.2 Å². The Morgan fingerprint density at radius 3 is 2.67 bits per heavy atom. The van der Waals surface area contributed by atoms with Crippen molar-refractivity contribution in [2.75, 3.05) is 5.43 Å². The van der Waals surface area contributed by atoms with Crippen molar-refractivity contribution in [3.8, 4) is 0 Å². The molecule has 0 aliphatic heterocycles. The Morgan fingerprint density at radius 2 is 2.04 bits per heavy atom. The van der Waals surface area contributed by atoms with E-state index in [2.05, 4.69) is 40.2 Å². The number of hydrazone groups is 1. The number of aromatic nitrogens is 1. The summed E-state index contributed by atoms with van der Waals surface area (Å²) in [7, 11) is -3.50. The van der Waals surface area contributed by atoms with Crippen LogP contribution in [0.4, 0.5) is 5.82 Å². The monoisotopic (exact) mass is 388 g/mol. The molecule has 1 aromatic heterocycles. The second-order valence-corrected chi connectivity index (χ2v) is 10.3. The minimum atomic E-state index is -3.50. The van der Waals surface area contributed by atoms with Gasteiger partial charge in [0.15, 0.2) is 0 Å². The maximum absolute atomic E-state index is 12.4. The van der Waals surface area contributed by atoms with E-state index in [4.69, 9.17) is 0 Å². The molecule has 0 saturated heterocycles. The van der Waals surface area contributed by atoms with Gasteiger partial charge >= 0.3 is 0 Å². The molecule has 0 radical (unpaired) electrons. The molecule has 2 saturated carbocycles. The molecule has 0 aromatic carbocycles. The largest absolute Gasteiger partial charge is 0.261 e. The normalized spacial score (nSPS) is 27.4. The van der Waals surface area contributed by atoms with Crippen molar-refractivity contribution in [1.82, 2.24) is 9.71 Å². The van der Waals surface area contributed by atoms with Crippen LogP contribution in [0.15, 0.2) is 40.0 Å². The smallest absolute Gasteiger partial charge is 0.242 e. The van der Waals surface area contributed by atoms with Crippen LogP contribution in [0, 0.1) is 17.3 Å². The summed E-state index contributed by atoms with van der Waals surface area (Å²) in [5.41, 5.74) is 4.57. The van der Waals surface area contributed by atoms with E-state index in [0.717, 1.165) is 38.0 Å². The van der Waals surface area contributed by atoms with Gasteiger partial charge in [-0.3, -0.25) is 5.43 Å². The Bertz CT molecular complexity index is 852. The molecule has 0 amide bonds. The highest BCUT2D eigenvalue weighted by Crippen LogP contribution is 2.58. The summed E-state index contributed by atoms with van der Waals surface area (Å²) in [5, 5.41) is 4.31. The molecule has 5 rings (SSSR count). The molecule has 1 aromatic rings. The van der Waals surface area contributed by atoms with Crippen molar-refractivity contribution in [2.45, 2.75) is 63.3 Å². The lowest BCUT2D eigenvalue weighted by Gasteiger charge is -2.55. The maximum Gasteiger partial charge on any atom is 0.242 e. The van der Waals surface area contributed by atoms with Crippen LogP contribution in [0.25, 0.3) is 0 Å². The third-order valence-corrected chi connectivity index (χ3v) is 8.13. The lowest BCUT2D eigenvalue weighted by molar-refractivity contribution is -0.00124. The average molecular weight is 389 g/mol. The number of fused-ring (bicyclic) bond motifs is 1. The van der Waals surface area contributed by atoms with Crippen LogP contribution < -0.4 is 10.1 Å². The second-order valence-electron chi connectivity index (χ2n) is 8.60. The van der Waals surface area contributed by atoms with Crippen LogP contribution in [0.2, 0.25) is 0 Å². The molecular formula is C20H28N4O2S. The fraction of sp³-hybridized carbons (Fsp3) is 0.600. The summed E-state index contributed by atoms with van der Waals surface area (Å²) in [6, 6.07) is 3.28. The van der Waals surface area contributed by atoms with Crippen LogP contribution in [-0.4, -0.2) is 25.7 Å². The van der Waals surface area contributed by atoms with Crippen molar-refractivity contribution >= 4 is 22.1 Å². The predicted molar refractivity (Wildman–Crippen MR) is 107 cm³/mol. The minimum absolute atomic E-state index is 0.0523. The highest BCUT2D eigenvalue weighted by Gasteiger charge is 2.50. The topological polar surface area (TPSA) is 83.5 Å². The number of nitrogens with one attached hydrogen (secondary N) is 2. The van der Waals surface area contributed by atoms with Gasteiger partial charge in [0.1, 0.15) is 10.7 Å². The van der Waals surface area contributed by atoms with Crippen molar-refractivity contribution in [1.29, 1.82) is 0 Å². The third kappa shape index (κ3) is 3.67. The molecule has 7 heteroatoms. The number of nitrogens with zero attached hydrogens (tertiary/aromatic N) is 2. The van der Waals surface area contributed by atoms with E-state index in [0.29, 0.717) is 17.2 Å². The van der Waals surface area contributed by atoms with Gasteiger partial charge in [0, 0.05) is 12.2 Å². The molecule has 2 atom stereocenters. The Labute approximate surface area is 161 Å². The van der Waals surface area contributed by atoms with Crippen molar-refractivity contribution in [3.05, 3.63) is 30.0 Å². The van der Waals surface area contributed by atoms with E-state index in [1.54, 1.807) is 12.1 Å². The Kier molecular flexibility index (Phi) is 4.84. The molecule has 2 N–H and O–H groups in total. The Hall–Kier alpha value is -1.73. The molecule has 2 fully saturated rings. The van der Waals surface area contributed by atoms with Gasteiger partial charge in [0.25, 0.3) is 0 Å². The first kappa shape index (κ1) is 18.6. The van der Waals surface area contributed by atoms with E-state index >= 15 is 0 Å². The van der Waals surface area contributed by atoms with Crippen LogP contribution in [0.3, 0.4) is 0 Å². The number of anilines is 1. The first-order chi connectivity index (χ1) is 12.9. The number of hydrogen-bond donors (Lipinski definition) is 2. The van der Waals surface area contributed by atoms with Gasteiger partial charge in [0.05, 0.1) is 6.21 Å². The zero-order valence-corrected chi connectivity index (χ0v) is 16.8. The summed E-state index contributed by atoms with van der Waals surface area (Å²) in [6.45, 7) is 4.67. The maximum atomic E-state index is 12.4. The molecule has 0 spiro atoms. The third-order valence-electron chi connectivity index (χ3n) is 6.63. The van der Waals surface area contributed by atoms with Crippen LogP contribution >= 0.6 is 0 Å². The molecule has 1 heterocycles. The van der Waals surface area contributed by atoms with E-state index < -0.39 is 10.0 Å². The highest BCUT2D eigenvalue weighted by atomic mass is 32.2. The zero-order chi connectivity index (χ0) is 19.1. The van der Waals surface area contributed by atoms with Gasteiger partial charge in [-0.15, -0.1) is 0 Å². The van der Waals surface area contributed by atoms with Crippen molar-refractivity contribution in [2.24, 2.45) is 22.4 Å². The molecule has 146 valence electrons. The molecule has 2 bridgehead atoms. The second kappa shape index (κ2) is 7.02. The number of sulfonamides is 1. The predicted octanol–water partition coefficient (Wildman–Crippen LogP) is 3.69. The van der Waals surface area contributed by atoms with Gasteiger partial charge in [-0.1, -0.05) is 32.8 Å². The molecule has 4 aliphatic rings. The molecule has 2 unspecified atom stereocenters.